The lowest BCUT2D eigenvalue weighted by molar-refractivity contribution is -0.162. The lowest BCUT2D eigenvalue weighted by atomic mass is 9.77. The molecule has 108 heavy (non-hydrogen) atoms. The Morgan fingerprint density at radius 3 is 1.69 bits per heavy atom. The molecule has 9 aromatic carbocycles. The summed E-state index contributed by atoms with van der Waals surface area (Å²) >= 11 is 3.64. The molecule has 11 aromatic rings. The van der Waals surface area contributed by atoms with Crippen LogP contribution in [0.3, 0.4) is 0 Å². The summed E-state index contributed by atoms with van der Waals surface area (Å²) in [7, 11) is 3.10. The van der Waals surface area contributed by atoms with Gasteiger partial charge in [0.2, 0.25) is 6.10 Å². The highest BCUT2D eigenvalue weighted by Crippen LogP contribution is 2.45. The molecule has 1 fully saturated rings. The Labute approximate surface area is 635 Å². The zero-order valence-corrected chi connectivity index (χ0v) is 60.9. The number of anilines is 1. The number of nitrogens with zero attached hydrogens (tertiary/aromatic N) is 4. The number of phenolic OH excluding ortho intramolecular Hbond substituents is 2. The van der Waals surface area contributed by atoms with Crippen LogP contribution in [0.2, 0.25) is 0 Å². The number of oxazole rings is 1. The molecule has 2 aromatic heterocycles. The number of amides is 2. The number of thioether (sulfide) groups is 2. The van der Waals surface area contributed by atoms with E-state index in [1.165, 1.54) is 52.4 Å². The second kappa shape index (κ2) is 36.2. The van der Waals surface area contributed by atoms with Crippen LogP contribution in [0.15, 0.2) is 286 Å². The number of ether oxygens (including phenoxy) is 8. The first-order valence-electron chi connectivity index (χ1n) is 34.3. The zero-order chi connectivity index (χ0) is 74.6. The molecule has 550 valence electrons. The van der Waals surface area contributed by atoms with E-state index in [0.29, 0.717) is 50.9 Å². The Morgan fingerprint density at radius 1 is 0.630 bits per heavy atom. The Hall–Kier alpha value is -11.6. The standard InChI is InChI=1S/C83H74N6O16S3/c1-96-42-44-98-52-100-67-41-39-59(47-68(67)101-53-99-45-43-97-2)75(80(95)104-74(56-28-14-5-15-29-56)57-30-16-6-17-31-57)105-88-70(64-51-107-81(85-64)87-83(61-32-18-7-19-33-61,62-34-20-8-21-35-62)63-36-22-9-23-37-63)76(92)86-71-77(93)89-72(79(94)103-73(54-24-10-3-11-25-54)55-26-12-4-13-27-55)60(49-106-78(71)89)50-108-82-84-48-69(102-82)58-38-40-65(90)66(91)46-58/h3-41,46-48,51,71,73-75,78,90-91H,42-45,49-50,52-53H2,1-2H3,(H,85,87)(H,86,92)/t71-,75?,78+/m1/s1. The number of β-lactam (4-membered cyclic amide) rings is 1. The average Bonchev–Trinajstić information content (AvgIpc) is 0.782. The minimum absolute atomic E-state index is 0.0238. The summed E-state index contributed by atoms with van der Waals surface area (Å²) in [4.78, 5) is 79.6. The SMILES string of the molecule is COCCOCOc1ccc(C(ON=C(C(=O)N[C@@H]2C(=O)N3C(C(=O)OC(c4ccccc4)c4ccccc4)=C(CSc4ncc(-c5ccc(O)c(O)c5)o4)CS[C@@H]23)c2csc(NC(c3ccccc3)(c3ccccc3)c3ccccc3)n2)C(=O)OC(c2ccccc2)c2ccccc2)cc1OCOCCOC. The first-order valence-corrected chi connectivity index (χ1v) is 37.3. The van der Waals surface area contributed by atoms with Crippen LogP contribution in [-0.4, -0.2) is 132 Å². The van der Waals surface area contributed by atoms with Gasteiger partial charge in [0.15, 0.2) is 65.4 Å². The largest absolute Gasteiger partial charge is 0.504 e. The molecule has 4 N–H and O–H groups in total. The van der Waals surface area contributed by atoms with Crippen molar-refractivity contribution in [2.45, 2.75) is 40.5 Å². The summed E-state index contributed by atoms with van der Waals surface area (Å²) in [6.45, 7) is 0.529. The molecule has 3 atom stereocenters. The summed E-state index contributed by atoms with van der Waals surface area (Å²) in [5.41, 5.74) is 4.71. The quantitative estimate of drug-likeness (QED) is 0.00331. The smallest absolute Gasteiger partial charge is 0.356 e. The van der Waals surface area contributed by atoms with Crippen molar-refractivity contribution in [2.75, 3.05) is 71.1 Å². The van der Waals surface area contributed by atoms with Crippen molar-refractivity contribution in [2.24, 2.45) is 5.16 Å². The van der Waals surface area contributed by atoms with Gasteiger partial charge in [0.05, 0.1) is 32.6 Å². The Bertz CT molecular complexity index is 4720. The van der Waals surface area contributed by atoms with Crippen molar-refractivity contribution < 1.29 is 76.5 Å². The summed E-state index contributed by atoms with van der Waals surface area (Å²) in [6.07, 6.45) is -2.20. The molecule has 2 aliphatic rings. The van der Waals surface area contributed by atoms with Crippen molar-refractivity contribution in [1.29, 1.82) is 0 Å². The molecule has 0 saturated carbocycles. The number of thiazole rings is 1. The van der Waals surface area contributed by atoms with Gasteiger partial charge in [-0.15, -0.1) is 23.1 Å². The number of nitrogens with one attached hydrogen (secondary N) is 2. The number of aromatic hydroxyl groups is 2. The summed E-state index contributed by atoms with van der Waals surface area (Å²) in [5.74, 6) is -3.12. The molecule has 4 heterocycles. The number of hydrogen-bond donors (Lipinski definition) is 4. The Morgan fingerprint density at radius 2 is 1.16 bits per heavy atom. The van der Waals surface area contributed by atoms with Crippen molar-refractivity contribution in [3.05, 3.63) is 322 Å². The molecular weight excluding hydrogens is 1430 g/mol. The molecule has 0 radical (unpaired) electrons. The number of carbonyl (C=O) groups excluding carboxylic acids is 4. The predicted octanol–water partition coefficient (Wildman–Crippen LogP) is 14.2. The molecule has 0 bridgehead atoms. The Balaban J connectivity index is 0.888. The van der Waals surface area contributed by atoms with E-state index in [2.05, 4.69) is 20.8 Å². The van der Waals surface area contributed by atoms with Gasteiger partial charge < -0.3 is 68.0 Å². The van der Waals surface area contributed by atoms with Crippen LogP contribution < -0.4 is 20.1 Å². The van der Waals surface area contributed by atoms with Gasteiger partial charge in [-0.2, -0.15) is 0 Å². The molecule has 25 heteroatoms. The minimum Gasteiger partial charge on any atom is -0.504 e. The van der Waals surface area contributed by atoms with Gasteiger partial charge in [-0.05, 0) is 74.8 Å². The van der Waals surface area contributed by atoms with E-state index in [9.17, 15) is 10.2 Å². The first kappa shape index (κ1) is 74.7. The highest BCUT2D eigenvalue weighted by atomic mass is 32.2. The third-order valence-electron chi connectivity index (χ3n) is 17.6. The van der Waals surface area contributed by atoms with E-state index in [1.54, 1.807) is 37.8 Å². The average molecular weight is 1510 g/mol. The Kier molecular flexibility index (Phi) is 25.0. The van der Waals surface area contributed by atoms with E-state index < -0.39 is 64.7 Å². The summed E-state index contributed by atoms with van der Waals surface area (Å²) < 4.78 is 53.2. The van der Waals surface area contributed by atoms with Gasteiger partial charge in [0.1, 0.15) is 28.3 Å². The maximum absolute atomic E-state index is 15.9. The topological polar surface area (TPSA) is 270 Å². The van der Waals surface area contributed by atoms with E-state index in [-0.39, 0.29) is 90.1 Å². The zero-order valence-electron chi connectivity index (χ0n) is 58.5. The minimum atomic E-state index is -1.78. The number of fused-ring (bicyclic) bond motifs is 1. The molecule has 0 spiro atoms. The van der Waals surface area contributed by atoms with Crippen LogP contribution in [0.25, 0.3) is 11.3 Å². The van der Waals surface area contributed by atoms with E-state index in [4.69, 9.17) is 52.1 Å². The van der Waals surface area contributed by atoms with Gasteiger partial charge in [0.25, 0.3) is 17.0 Å². The van der Waals surface area contributed by atoms with Crippen molar-refractivity contribution >= 4 is 69.5 Å². The third kappa shape index (κ3) is 17.6. The fourth-order valence-electron chi connectivity index (χ4n) is 12.2. The fraction of sp³-hybridized carbons (Fsp3) is 0.193. The lowest BCUT2D eigenvalue weighted by Gasteiger charge is -2.49. The number of rotatable bonds is 35. The molecule has 2 amide bonds. The maximum Gasteiger partial charge on any atom is 0.356 e. The van der Waals surface area contributed by atoms with Gasteiger partial charge in [0, 0.05) is 42.2 Å². The second-order valence-electron chi connectivity index (χ2n) is 24.5. The van der Waals surface area contributed by atoms with Crippen LogP contribution in [0, 0.1) is 0 Å². The van der Waals surface area contributed by atoms with Gasteiger partial charge in [-0.1, -0.05) is 235 Å². The van der Waals surface area contributed by atoms with Crippen LogP contribution in [0.4, 0.5) is 5.13 Å². The number of esters is 2. The van der Waals surface area contributed by atoms with Gasteiger partial charge >= 0.3 is 11.9 Å². The molecule has 2 aliphatic heterocycles. The van der Waals surface area contributed by atoms with Gasteiger partial charge in [-0.25, -0.2) is 19.6 Å². The van der Waals surface area contributed by atoms with Crippen LogP contribution in [0.1, 0.15) is 68.5 Å². The van der Waals surface area contributed by atoms with E-state index in [1.807, 2.05) is 212 Å². The maximum atomic E-state index is 15.9. The van der Waals surface area contributed by atoms with Crippen molar-refractivity contribution in [3.8, 4) is 34.3 Å². The van der Waals surface area contributed by atoms with Crippen LogP contribution in [-0.2, 0) is 58.0 Å². The molecule has 1 saturated heterocycles. The highest BCUT2D eigenvalue weighted by molar-refractivity contribution is 8.01. The van der Waals surface area contributed by atoms with Gasteiger partial charge in [-0.3, -0.25) is 14.5 Å². The molecule has 22 nitrogen and oxygen atoms in total. The number of benzene rings is 9. The molecular formula is C83H74N6O16S3. The number of hydrogen-bond acceptors (Lipinski definition) is 23. The number of aromatic nitrogens is 2. The molecule has 0 aliphatic carbocycles. The summed E-state index contributed by atoms with van der Waals surface area (Å²) in [5, 5.41) is 32.9. The summed E-state index contributed by atoms with van der Waals surface area (Å²) in [6, 6.07) is 74.0. The number of phenols is 2. The number of carbonyl (C=O) groups is 4. The number of methoxy groups -OCH3 is 2. The second-order valence-corrected chi connectivity index (χ2v) is 27.4. The van der Waals surface area contributed by atoms with Crippen molar-refractivity contribution in [3.63, 3.8) is 0 Å². The first-order chi connectivity index (χ1) is 53.0. The van der Waals surface area contributed by atoms with E-state index in [0.717, 1.165) is 28.5 Å². The molecule has 1 unspecified atom stereocenters. The van der Waals surface area contributed by atoms with Crippen LogP contribution in [0.5, 0.6) is 23.0 Å². The third-order valence-corrected chi connectivity index (χ3v) is 20.6. The van der Waals surface area contributed by atoms with Crippen LogP contribution >= 0.6 is 34.9 Å². The lowest BCUT2D eigenvalue weighted by Crippen LogP contribution is -2.71. The normalized spacial score (nSPS) is 14.5. The molecule has 13 rings (SSSR count). The van der Waals surface area contributed by atoms with E-state index >= 15 is 19.2 Å². The van der Waals surface area contributed by atoms with Crippen molar-refractivity contribution in [1.82, 2.24) is 20.2 Å². The predicted molar refractivity (Wildman–Crippen MR) is 408 cm³/mol. The monoisotopic (exact) mass is 1510 g/mol. The highest BCUT2D eigenvalue weighted by Gasteiger charge is 2.55. The fourth-order valence-corrected chi connectivity index (χ4v) is 15.3. The number of oxime groups is 1.